The van der Waals surface area contributed by atoms with Crippen LogP contribution in [0.4, 0.5) is 5.69 Å². The number of nitrogens with one attached hydrogen (secondary N) is 1. The molecule has 0 unspecified atom stereocenters. The fourth-order valence-electron chi connectivity index (χ4n) is 2.61. The highest BCUT2D eigenvalue weighted by Gasteiger charge is 2.25. The number of nitrogens with zero attached hydrogens (tertiary/aromatic N) is 1. The number of thioether (sulfide) groups is 1. The van der Waals surface area contributed by atoms with Crippen LogP contribution in [0.25, 0.3) is 6.08 Å². The third-order valence-corrected chi connectivity index (χ3v) is 4.66. The van der Waals surface area contributed by atoms with Crippen LogP contribution in [0.15, 0.2) is 52.4 Å². The summed E-state index contributed by atoms with van der Waals surface area (Å²) in [4.78, 5) is 17.5. The van der Waals surface area contributed by atoms with E-state index in [1.807, 2.05) is 63.2 Å². The van der Waals surface area contributed by atoms with Gasteiger partial charge < -0.3 is 14.8 Å². The Bertz CT molecular complexity index is 919. The van der Waals surface area contributed by atoms with Gasteiger partial charge in [0, 0.05) is 5.56 Å². The average Bonchev–Trinajstić information content (AvgIpc) is 2.95. The highest BCUT2D eigenvalue weighted by atomic mass is 32.2. The van der Waals surface area contributed by atoms with Crippen LogP contribution in [0.3, 0.4) is 0 Å². The molecule has 0 aliphatic carbocycles. The van der Waals surface area contributed by atoms with Crippen molar-refractivity contribution in [3.05, 3.63) is 58.5 Å². The number of aliphatic imine (C=N–C) groups is 1. The summed E-state index contributed by atoms with van der Waals surface area (Å²) in [6, 6.07) is 13.4. The fraction of sp³-hybridized carbons (Fsp3) is 0.238. The lowest BCUT2D eigenvalue weighted by molar-refractivity contribution is -0.115. The second-order valence-electron chi connectivity index (χ2n) is 6.37. The molecule has 0 aromatic heterocycles. The van der Waals surface area contributed by atoms with E-state index in [1.54, 1.807) is 13.2 Å². The quantitative estimate of drug-likeness (QED) is 0.763. The van der Waals surface area contributed by atoms with Crippen LogP contribution in [-0.4, -0.2) is 24.3 Å². The second-order valence-corrected chi connectivity index (χ2v) is 7.40. The first-order chi connectivity index (χ1) is 13.0. The largest absolute Gasteiger partial charge is 0.493 e. The molecule has 0 bridgehead atoms. The summed E-state index contributed by atoms with van der Waals surface area (Å²) in [6.45, 7) is 5.91. The Kier molecular flexibility index (Phi) is 5.86. The predicted molar refractivity (Wildman–Crippen MR) is 111 cm³/mol. The summed E-state index contributed by atoms with van der Waals surface area (Å²) >= 11 is 1.31. The number of aryl methyl sites for hydroxylation is 1. The highest BCUT2D eigenvalue weighted by Crippen LogP contribution is 2.36. The van der Waals surface area contributed by atoms with Crippen LogP contribution in [0, 0.1) is 6.92 Å². The molecular weight excluding hydrogens is 360 g/mol. The maximum atomic E-state index is 12.4. The minimum Gasteiger partial charge on any atom is -0.493 e. The van der Waals surface area contributed by atoms with E-state index in [2.05, 4.69) is 10.3 Å². The molecule has 0 radical (unpaired) electrons. The van der Waals surface area contributed by atoms with Gasteiger partial charge in [0.15, 0.2) is 16.7 Å². The van der Waals surface area contributed by atoms with Crippen molar-refractivity contribution in [3.63, 3.8) is 0 Å². The van der Waals surface area contributed by atoms with Crippen LogP contribution < -0.4 is 14.8 Å². The summed E-state index contributed by atoms with van der Waals surface area (Å²) in [6.07, 6.45) is 1.79. The van der Waals surface area contributed by atoms with Crippen LogP contribution in [-0.2, 0) is 4.79 Å². The summed E-state index contributed by atoms with van der Waals surface area (Å²) < 4.78 is 11.3. The van der Waals surface area contributed by atoms with Crippen LogP contribution in [0.2, 0.25) is 0 Å². The van der Waals surface area contributed by atoms with Gasteiger partial charge in [0.05, 0.1) is 23.8 Å². The molecule has 1 heterocycles. The second kappa shape index (κ2) is 8.31. The molecule has 1 amide bonds. The Balaban J connectivity index is 1.91. The number of benzene rings is 2. The lowest BCUT2D eigenvalue weighted by atomic mass is 10.1. The van der Waals surface area contributed by atoms with Gasteiger partial charge in [-0.05, 0) is 62.4 Å². The summed E-state index contributed by atoms with van der Waals surface area (Å²) in [5.41, 5.74) is 2.72. The number of hydrogen-bond acceptors (Lipinski definition) is 5. The van der Waals surface area contributed by atoms with Gasteiger partial charge in [-0.1, -0.05) is 24.3 Å². The minimum absolute atomic E-state index is 0.0121. The SMILES string of the molecule is COc1cccc(/C=C2\SC(=Nc3cccc(C)c3)NC2=O)c1OC(C)C. The van der Waals surface area contributed by atoms with Crippen molar-refractivity contribution in [1.82, 2.24) is 5.32 Å². The van der Waals surface area contributed by atoms with Gasteiger partial charge in [-0.2, -0.15) is 0 Å². The van der Waals surface area contributed by atoms with Gasteiger partial charge in [0.2, 0.25) is 0 Å². The first-order valence-corrected chi connectivity index (χ1v) is 9.48. The lowest BCUT2D eigenvalue weighted by Crippen LogP contribution is -2.19. The number of rotatable bonds is 5. The number of amides is 1. The number of amidine groups is 1. The zero-order chi connectivity index (χ0) is 19.4. The molecule has 2 aromatic carbocycles. The van der Waals surface area contributed by atoms with E-state index in [0.29, 0.717) is 21.6 Å². The van der Waals surface area contributed by atoms with E-state index >= 15 is 0 Å². The van der Waals surface area contributed by atoms with E-state index in [1.165, 1.54) is 11.8 Å². The van der Waals surface area contributed by atoms with E-state index in [-0.39, 0.29) is 12.0 Å². The first kappa shape index (κ1) is 19.0. The highest BCUT2D eigenvalue weighted by molar-refractivity contribution is 8.18. The predicted octanol–water partition coefficient (Wildman–Crippen LogP) is 4.68. The Morgan fingerprint density at radius 2 is 1.96 bits per heavy atom. The molecule has 1 aliphatic heterocycles. The number of carbonyl (C=O) groups excluding carboxylic acids is 1. The molecule has 1 aliphatic rings. The molecule has 1 N–H and O–H groups in total. The fourth-order valence-corrected chi connectivity index (χ4v) is 3.44. The molecule has 1 saturated heterocycles. The zero-order valence-corrected chi connectivity index (χ0v) is 16.6. The molecular formula is C21H22N2O3S. The van der Waals surface area contributed by atoms with Gasteiger partial charge in [-0.3, -0.25) is 4.79 Å². The number of hydrogen-bond donors (Lipinski definition) is 1. The number of carbonyl (C=O) groups is 1. The van der Waals surface area contributed by atoms with Crippen molar-refractivity contribution in [2.45, 2.75) is 26.9 Å². The molecule has 1 fully saturated rings. The Hall–Kier alpha value is -2.73. The van der Waals surface area contributed by atoms with E-state index in [4.69, 9.17) is 9.47 Å². The monoisotopic (exact) mass is 382 g/mol. The Morgan fingerprint density at radius 1 is 1.19 bits per heavy atom. The third kappa shape index (κ3) is 4.71. The van der Waals surface area contributed by atoms with Gasteiger partial charge >= 0.3 is 0 Å². The van der Waals surface area contributed by atoms with Gasteiger partial charge in [0.25, 0.3) is 5.91 Å². The van der Waals surface area contributed by atoms with Crippen LogP contribution >= 0.6 is 11.8 Å². The van der Waals surface area contributed by atoms with Crippen molar-refractivity contribution in [2.24, 2.45) is 4.99 Å². The minimum atomic E-state index is -0.176. The smallest absolute Gasteiger partial charge is 0.264 e. The Morgan fingerprint density at radius 3 is 2.67 bits per heavy atom. The molecule has 3 rings (SSSR count). The number of ether oxygens (including phenoxy) is 2. The van der Waals surface area contributed by atoms with Gasteiger partial charge in [0.1, 0.15) is 0 Å². The zero-order valence-electron chi connectivity index (χ0n) is 15.8. The molecule has 0 atom stereocenters. The third-order valence-electron chi connectivity index (χ3n) is 3.75. The van der Waals surface area contributed by atoms with E-state index in [9.17, 15) is 4.79 Å². The molecule has 5 nitrogen and oxygen atoms in total. The molecule has 27 heavy (non-hydrogen) atoms. The maximum absolute atomic E-state index is 12.4. The maximum Gasteiger partial charge on any atom is 0.264 e. The molecule has 2 aromatic rings. The number of para-hydroxylation sites is 1. The standard InChI is InChI=1S/C21H22N2O3S/c1-13(2)26-19-15(8-6-10-17(19)25-4)12-18-20(24)23-21(27-18)22-16-9-5-7-14(3)11-16/h5-13H,1-4H3,(H,22,23,24)/b18-12-. The van der Waals surface area contributed by atoms with Crippen LogP contribution in [0.5, 0.6) is 11.5 Å². The number of methoxy groups -OCH3 is 1. The van der Waals surface area contributed by atoms with Crippen molar-refractivity contribution >= 4 is 34.6 Å². The van der Waals surface area contributed by atoms with E-state index in [0.717, 1.165) is 16.8 Å². The normalized spacial score (nSPS) is 16.9. The topological polar surface area (TPSA) is 59.9 Å². The van der Waals surface area contributed by atoms with Crippen molar-refractivity contribution in [1.29, 1.82) is 0 Å². The van der Waals surface area contributed by atoms with Crippen molar-refractivity contribution in [3.8, 4) is 11.5 Å². The molecule has 140 valence electrons. The summed E-state index contributed by atoms with van der Waals surface area (Å²) in [7, 11) is 1.60. The summed E-state index contributed by atoms with van der Waals surface area (Å²) in [5, 5.41) is 3.38. The van der Waals surface area contributed by atoms with Gasteiger partial charge in [-0.15, -0.1) is 0 Å². The van der Waals surface area contributed by atoms with Gasteiger partial charge in [-0.25, -0.2) is 4.99 Å². The Labute approximate surface area is 163 Å². The van der Waals surface area contributed by atoms with Crippen LogP contribution in [0.1, 0.15) is 25.0 Å². The average molecular weight is 382 g/mol. The molecule has 0 saturated carbocycles. The lowest BCUT2D eigenvalue weighted by Gasteiger charge is -2.16. The molecule has 6 heteroatoms. The van der Waals surface area contributed by atoms with Crippen molar-refractivity contribution in [2.75, 3.05) is 7.11 Å². The summed E-state index contributed by atoms with van der Waals surface area (Å²) in [5.74, 6) is 1.08. The first-order valence-electron chi connectivity index (χ1n) is 8.66. The van der Waals surface area contributed by atoms with E-state index < -0.39 is 0 Å². The molecule has 0 spiro atoms. The van der Waals surface area contributed by atoms with Crippen molar-refractivity contribution < 1.29 is 14.3 Å².